The molecule has 0 aromatic rings. The number of allylic oxidation sites excluding steroid dienone is 1. The summed E-state index contributed by atoms with van der Waals surface area (Å²) in [7, 11) is -4.52. The van der Waals surface area contributed by atoms with Crippen LogP contribution in [0.1, 0.15) is 181 Å². The maximum Gasteiger partial charge on any atom is 0.472 e. The molecule has 0 aliphatic heterocycles. The molecular formula is C37H73O9P. The second-order valence-corrected chi connectivity index (χ2v) is 14.5. The number of phosphoric ester groups is 1. The lowest BCUT2D eigenvalue weighted by molar-refractivity contribution is -0.153. The summed E-state index contributed by atoms with van der Waals surface area (Å²) in [5.41, 5.74) is 0. The lowest BCUT2D eigenvalue weighted by Gasteiger charge is -2.20. The van der Waals surface area contributed by atoms with Crippen LogP contribution in [0.4, 0.5) is 0 Å². The van der Waals surface area contributed by atoms with E-state index in [0.717, 1.165) is 32.1 Å². The van der Waals surface area contributed by atoms with Gasteiger partial charge in [-0.3, -0.25) is 13.8 Å². The molecule has 0 heterocycles. The van der Waals surface area contributed by atoms with E-state index in [1.54, 1.807) is 6.26 Å². The van der Waals surface area contributed by atoms with Crippen molar-refractivity contribution in [3.63, 3.8) is 0 Å². The van der Waals surface area contributed by atoms with Crippen molar-refractivity contribution in [1.82, 2.24) is 0 Å². The first kappa shape index (κ1) is 46.0. The number of aliphatic hydroxyl groups is 2. The van der Waals surface area contributed by atoms with Crippen molar-refractivity contribution in [2.45, 2.75) is 193 Å². The quantitative estimate of drug-likeness (QED) is 0.0252. The number of carbonyl (C=O) groups is 1. The third-order valence-electron chi connectivity index (χ3n) is 8.30. The number of phosphoric acid groups is 1. The maximum atomic E-state index is 12.5. The van der Waals surface area contributed by atoms with E-state index in [4.69, 9.17) is 23.6 Å². The van der Waals surface area contributed by atoms with E-state index in [1.165, 1.54) is 128 Å². The Bertz CT molecular complexity index is 749. The van der Waals surface area contributed by atoms with Crippen molar-refractivity contribution in [2.75, 3.05) is 26.4 Å². The van der Waals surface area contributed by atoms with Crippen LogP contribution in [0, 0.1) is 0 Å². The van der Waals surface area contributed by atoms with Crippen LogP contribution in [0.25, 0.3) is 0 Å². The predicted octanol–water partition coefficient (Wildman–Crippen LogP) is 10.1. The number of ether oxygens (including phenoxy) is 2. The van der Waals surface area contributed by atoms with Crippen molar-refractivity contribution in [3.05, 3.63) is 12.3 Å². The SMILES string of the molecule is CCCCCCCCCCCCCCCC/C=C\OC[C@H](COP(=O)(O)OC[C@@H](O)CO)OC(=O)CCCCCCCCCCCC. The van der Waals surface area contributed by atoms with Gasteiger partial charge in [0.1, 0.15) is 12.7 Å². The number of aliphatic hydroxyl groups excluding tert-OH is 2. The van der Waals surface area contributed by atoms with Gasteiger partial charge in [0.15, 0.2) is 6.10 Å². The van der Waals surface area contributed by atoms with E-state index in [0.29, 0.717) is 0 Å². The third-order valence-corrected chi connectivity index (χ3v) is 9.25. The molecule has 0 spiro atoms. The fourth-order valence-electron chi connectivity index (χ4n) is 5.32. The topological polar surface area (TPSA) is 132 Å². The molecule has 0 bridgehead atoms. The van der Waals surface area contributed by atoms with Crippen molar-refractivity contribution < 1.29 is 43.0 Å². The molecule has 0 saturated heterocycles. The van der Waals surface area contributed by atoms with E-state index < -0.39 is 45.8 Å². The molecule has 0 radical (unpaired) electrons. The van der Waals surface area contributed by atoms with Crippen LogP contribution in [0.3, 0.4) is 0 Å². The molecule has 280 valence electrons. The first-order valence-electron chi connectivity index (χ1n) is 19.2. The second-order valence-electron chi connectivity index (χ2n) is 13.0. The van der Waals surface area contributed by atoms with Crippen LogP contribution in [0.15, 0.2) is 12.3 Å². The number of esters is 1. The highest BCUT2D eigenvalue weighted by atomic mass is 31.2. The second kappa shape index (κ2) is 34.9. The zero-order valence-corrected chi connectivity index (χ0v) is 31.2. The van der Waals surface area contributed by atoms with Crippen LogP contribution in [-0.4, -0.2) is 59.7 Å². The van der Waals surface area contributed by atoms with Gasteiger partial charge in [-0.1, -0.05) is 155 Å². The van der Waals surface area contributed by atoms with Crippen molar-refractivity contribution in [2.24, 2.45) is 0 Å². The number of unbranched alkanes of at least 4 members (excludes halogenated alkanes) is 23. The van der Waals surface area contributed by atoms with Gasteiger partial charge in [-0.2, -0.15) is 0 Å². The molecule has 0 amide bonds. The number of hydrogen-bond donors (Lipinski definition) is 3. The van der Waals surface area contributed by atoms with E-state index >= 15 is 0 Å². The van der Waals surface area contributed by atoms with Crippen molar-refractivity contribution >= 4 is 13.8 Å². The average molecular weight is 693 g/mol. The normalized spacial score (nSPS) is 14.3. The van der Waals surface area contributed by atoms with Crippen molar-refractivity contribution in [3.8, 4) is 0 Å². The van der Waals surface area contributed by atoms with Gasteiger partial charge in [-0.15, -0.1) is 0 Å². The largest absolute Gasteiger partial charge is 0.498 e. The summed E-state index contributed by atoms with van der Waals surface area (Å²) >= 11 is 0. The van der Waals surface area contributed by atoms with Crippen LogP contribution in [-0.2, 0) is 27.9 Å². The van der Waals surface area contributed by atoms with Gasteiger partial charge in [0.05, 0.1) is 26.1 Å². The zero-order valence-electron chi connectivity index (χ0n) is 30.3. The third kappa shape index (κ3) is 34.7. The highest BCUT2D eigenvalue weighted by molar-refractivity contribution is 7.47. The summed E-state index contributed by atoms with van der Waals surface area (Å²) in [5.74, 6) is -0.405. The first-order valence-corrected chi connectivity index (χ1v) is 20.7. The molecule has 47 heavy (non-hydrogen) atoms. The minimum atomic E-state index is -4.52. The molecule has 3 atom stereocenters. The van der Waals surface area contributed by atoms with Gasteiger partial charge < -0.3 is 24.6 Å². The van der Waals surface area contributed by atoms with Crippen LogP contribution >= 0.6 is 7.82 Å². The summed E-state index contributed by atoms with van der Waals surface area (Å²) in [4.78, 5) is 22.4. The molecule has 0 aromatic heterocycles. The molecule has 1 unspecified atom stereocenters. The average Bonchev–Trinajstić information content (AvgIpc) is 3.06. The van der Waals surface area contributed by atoms with Crippen LogP contribution < -0.4 is 0 Å². The Labute approximate surface area is 288 Å². The standard InChI is InChI=1S/C37H73O9P/c1-3-5-7-9-11-13-15-16-17-18-19-20-22-24-26-28-30-43-33-36(34-45-47(41,42)44-32-35(39)31-38)46-37(40)29-27-25-23-21-14-12-10-8-6-4-2/h28,30,35-36,38-39H,3-27,29,31-34H2,1-2H3,(H,41,42)/b30-28-/t35-,36+/m0/s1. The van der Waals surface area contributed by atoms with Gasteiger partial charge in [0, 0.05) is 6.42 Å². The molecule has 9 nitrogen and oxygen atoms in total. The minimum absolute atomic E-state index is 0.0295. The highest BCUT2D eigenvalue weighted by Gasteiger charge is 2.26. The van der Waals surface area contributed by atoms with E-state index in [9.17, 15) is 19.4 Å². The molecule has 0 rings (SSSR count). The fourth-order valence-corrected chi connectivity index (χ4v) is 6.11. The zero-order chi connectivity index (χ0) is 34.7. The molecule has 0 aliphatic carbocycles. The summed E-state index contributed by atoms with van der Waals surface area (Å²) in [6.45, 7) is 2.88. The van der Waals surface area contributed by atoms with Crippen molar-refractivity contribution in [1.29, 1.82) is 0 Å². The monoisotopic (exact) mass is 692 g/mol. The van der Waals surface area contributed by atoms with Gasteiger partial charge in [-0.05, 0) is 25.3 Å². The number of rotatable bonds is 37. The highest BCUT2D eigenvalue weighted by Crippen LogP contribution is 2.43. The summed E-state index contributed by atoms with van der Waals surface area (Å²) in [6.07, 6.45) is 32.6. The smallest absolute Gasteiger partial charge is 0.472 e. The van der Waals surface area contributed by atoms with E-state index in [1.807, 2.05) is 6.08 Å². The van der Waals surface area contributed by atoms with Gasteiger partial charge >= 0.3 is 13.8 Å². The Morgan fingerprint density at radius 1 is 0.638 bits per heavy atom. The van der Waals surface area contributed by atoms with Crippen LogP contribution in [0.2, 0.25) is 0 Å². The van der Waals surface area contributed by atoms with E-state index in [2.05, 4.69) is 13.8 Å². The lowest BCUT2D eigenvalue weighted by Crippen LogP contribution is -2.28. The first-order chi connectivity index (χ1) is 22.8. The van der Waals surface area contributed by atoms with E-state index in [-0.39, 0.29) is 13.0 Å². The molecular weight excluding hydrogens is 619 g/mol. The fraction of sp³-hybridized carbons (Fsp3) is 0.919. The Morgan fingerprint density at radius 2 is 1.06 bits per heavy atom. The van der Waals surface area contributed by atoms with Gasteiger partial charge in [0.2, 0.25) is 0 Å². The molecule has 10 heteroatoms. The molecule has 0 aliphatic rings. The van der Waals surface area contributed by atoms with Gasteiger partial charge in [0.25, 0.3) is 0 Å². The van der Waals surface area contributed by atoms with Crippen LogP contribution in [0.5, 0.6) is 0 Å². The molecule has 0 fully saturated rings. The van der Waals surface area contributed by atoms with Gasteiger partial charge in [-0.25, -0.2) is 4.57 Å². The Kier molecular flexibility index (Phi) is 34.2. The number of carbonyl (C=O) groups excluding carboxylic acids is 1. The maximum absolute atomic E-state index is 12.5. The predicted molar refractivity (Wildman–Crippen MR) is 191 cm³/mol. The Balaban J connectivity index is 4.23. The minimum Gasteiger partial charge on any atom is -0.498 e. The summed E-state index contributed by atoms with van der Waals surface area (Å²) < 4.78 is 32.9. The summed E-state index contributed by atoms with van der Waals surface area (Å²) in [6, 6.07) is 0. The molecule has 0 saturated carbocycles. The molecule has 3 N–H and O–H groups in total. The Morgan fingerprint density at radius 3 is 1.53 bits per heavy atom. The Hall–Kier alpha value is -0.960. The summed E-state index contributed by atoms with van der Waals surface area (Å²) in [5, 5.41) is 18.3. The lowest BCUT2D eigenvalue weighted by atomic mass is 10.0. The number of hydrogen-bond acceptors (Lipinski definition) is 8. The molecule has 0 aromatic carbocycles.